The Morgan fingerprint density at radius 1 is 0.887 bits per heavy atom. The molecule has 4 N–H and O–H groups in total. The fraction of sp³-hybridized carbons (Fsp3) is 0.776. The fourth-order valence-corrected chi connectivity index (χ4v) is 11.5. The van der Waals surface area contributed by atoms with Crippen molar-refractivity contribution in [3.05, 3.63) is 47.8 Å². The van der Waals surface area contributed by atoms with Crippen molar-refractivity contribution in [2.24, 2.45) is 41.4 Å². The quantitative estimate of drug-likeness (QED) is 0.135. The van der Waals surface area contributed by atoms with Gasteiger partial charge in [0, 0.05) is 35.7 Å². The summed E-state index contributed by atoms with van der Waals surface area (Å²) in [5.41, 5.74) is -1.52. The number of aliphatic carboxylic acids is 1. The highest BCUT2D eigenvalue weighted by Crippen LogP contribution is 2.54. The minimum absolute atomic E-state index is 0.0520. The van der Waals surface area contributed by atoms with Gasteiger partial charge in [-0.1, -0.05) is 61.5 Å². The van der Waals surface area contributed by atoms with Crippen molar-refractivity contribution in [2.75, 3.05) is 0 Å². The number of aliphatic hydroxyl groups is 2. The van der Waals surface area contributed by atoms with E-state index in [0.717, 1.165) is 6.42 Å². The molecule has 0 aromatic heterocycles. The zero-order valence-electron chi connectivity index (χ0n) is 38.6. The van der Waals surface area contributed by atoms with Crippen LogP contribution in [0.5, 0.6) is 0 Å². The zero-order chi connectivity index (χ0) is 45.5. The Balaban J connectivity index is 1.25. The number of rotatable bonds is 14. The summed E-state index contributed by atoms with van der Waals surface area (Å²) in [5, 5.41) is 36.0. The van der Waals surface area contributed by atoms with E-state index in [-0.39, 0.29) is 35.2 Å². The molecule has 0 bridgehead atoms. The Morgan fingerprint density at radius 3 is 2.18 bits per heavy atom. The predicted octanol–water partition coefficient (Wildman–Crippen LogP) is 7.76. The molecule has 5 aliphatic rings. The first-order valence-corrected chi connectivity index (χ1v) is 23.5. The maximum absolute atomic E-state index is 14.7. The molecule has 348 valence electrons. The number of nitrogens with one attached hydrogen (secondary N) is 1. The largest absolute Gasteiger partial charge is 0.481 e. The molecule has 0 radical (unpaired) electrons. The molecular formula is C49H74FNO11. The van der Waals surface area contributed by atoms with Gasteiger partial charge in [-0.15, -0.1) is 0 Å². The molecule has 6 rings (SSSR count). The van der Waals surface area contributed by atoms with Crippen LogP contribution in [0.2, 0.25) is 0 Å². The van der Waals surface area contributed by atoms with Crippen molar-refractivity contribution in [2.45, 2.75) is 199 Å². The summed E-state index contributed by atoms with van der Waals surface area (Å²) < 4.78 is 48.3. The smallest absolute Gasteiger partial charge is 0.309 e. The lowest BCUT2D eigenvalue weighted by atomic mass is 9.72. The summed E-state index contributed by atoms with van der Waals surface area (Å²) in [4.78, 5) is 40.4. The normalized spacial score (nSPS) is 41.0. The Hall–Kier alpha value is -2.78. The van der Waals surface area contributed by atoms with Crippen LogP contribution in [0.1, 0.15) is 144 Å². The molecule has 1 aromatic rings. The molecule has 18 atom stereocenters. The molecule has 2 spiro atoms. The van der Waals surface area contributed by atoms with Gasteiger partial charge in [-0.05, 0) is 114 Å². The molecule has 5 aliphatic heterocycles. The van der Waals surface area contributed by atoms with E-state index >= 15 is 0 Å². The number of hydrogen-bond acceptors (Lipinski definition) is 10. The van der Waals surface area contributed by atoms with Gasteiger partial charge in [-0.2, -0.15) is 0 Å². The van der Waals surface area contributed by atoms with E-state index in [1.807, 2.05) is 53.7 Å². The Bertz CT molecular complexity index is 1780. The van der Waals surface area contributed by atoms with Crippen LogP contribution in [0, 0.1) is 47.2 Å². The Morgan fingerprint density at radius 2 is 1.56 bits per heavy atom. The van der Waals surface area contributed by atoms with Crippen LogP contribution in [0.4, 0.5) is 4.39 Å². The van der Waals surface area contributed by atoms with Gasteiger partial charge < -0.3 is 44.3 Å². The molecule has 0 saturated carbocycles. The second-order valence-corrected chi connectivity index (χ2v) is 19.9. The van der Waals surface area contributed by atoms with Crippen LogP contribution in [-0.2, 0) is 33.3 Å². The third kappa shape index (κ3) is 9.33. The van der Waals surface area contributed by atoms with Crippen LogP contribution in [0.25, 0.3) is 0 Å². The van der Waals surface area contributed by atoms with Crippen LogP contribution in [0.15, 0.2) is 36.4 Å². The molecule has 1 aromatic carbocycles. The van der Waals surface area contributed by atoms with Gasteiger partial charge in [0.25, 0.3) is 5.91 Å². The summed E-state index contributed by atoms with van der Waals surface area (Å²) in [6.45, 7) is 19.5. The Labute approximate surface area is 368 Å². The monoisotopic (exact) mass is 872 g/mol. The van der Waals surface area contributed by atoms with E-state index in [0.29, 0.717) is 57.8 Å². The van der Waals surface area contributed by atoms with Gasteiger partial charge in [-0.25, -0.2) is 4.39 Å². The topological polar surface area (TPSA) is 170 Å². The van der Waals surface area contributed by atoms with E-state index in [2.05, 4.69) is 26.1 Å². The second kappa shape index (κ2) is 19.0. The van der Waals surface area contributed by atoms with Crippen LogP contribution in [-0.4, -0.2) is 98.4 Å². The number of carboxylic acid groups (broad SMARTS) is 1. The lowest BCUT2D eigenvalue weighted by Gasteiger charge is -2.55. The number of aliphatic hydroxyl groups excluding tert-OH is 1. The van der Waals surface area contributed by atoms with Gasteiger partial charge >= 0.3 is 5.97 Å². The number of benzene rings is 1. The van der Waals surface area contributed by atoms with Crippen molar-refractivity contribution in [1.82, 2.24) is 5.32 Å². The third-order valence-electron chi connectivity index (χ3n) is 15.9. The molecule has 0 aliphatic carbocycles. The van der Waals surface area contributed by atoms with E-state index in [1.165, 1.54) is 24.3 Å². The van der Waals surface area contributed by atoms with Gasteiger partial charge in [0.15, 0.2) is 11.6 Å². The fourth-order valence-electron chi connectivity index (χ4n) is 11.5. The van der Waals surface area contributed by atoms with Crippen molar-refractivity contribution < 1.29 is 57.8 Å². The van der Waals surface area contributed by atoms with Crippen molar-refractivity contribution in [1.29, 1.82) is 0 Å². The lowest BCUT2D eigenvalue weighted by Crippen LogP contribution is -2.65. The van der Waals surface area contributed by atoms with E-state index in [4.69, 9.17) is 23.7 Å². The molecule has 4 fully saturated rings. The highest BCUT2D eigenvalue weighted by atomic mass is 19.1. The maximum atomic E-state index is 14.7. The van der Waals surface area contributed by atoms with E-state index < -0.39 is 101 Å². The van der Waals surface area contributed by atoms with Crippen molar-refractivity contribution in [3.8, 4) is 0 Å². The first-order valence-electron chi connectivity index (χ1n) is 23.5. The number of carbonyl (C=O) groups is 3. The van der Waals surface area contributed by atoms with E-state index in [9.17, 15) is 34.1 Å². The molecule has 12 nitrogen and oxygen atoms in total. The average Bonchev–Trinajstić information content (AvgIpc) is 3.58. The maximum Gasteiger partial charge on any atom is 0.309 e. The van der Waals surface area contributed by atoms with Crippen LogP contribution < -0.4 is 5.32 Å². The number of Topliss-reactive ketones (excluding diaryl/α,β-unsaturated/α-hetero) is 1. The van der Waals surface area contributed by atoms with Gasteiger partial charge in [0.2, 0.25) is 0 Å². The minimum Gasteiger partial charge on any atom is -0.481 e. The zero-order valence-corrected chi connectivity index (χ0v) is 38.6. The second-order valence-electron chi connectivity index (χ2n) is 19.9. The number of carboxylic acids is 1. The summed E-state index contributed by atoms with van der Waals surface area (Å²) in [6, 6.07) is 4.56. The average molecular weight is 872 g/mol. The number of ketones is 1. The van der Waals surface area contributed by atoms with Crippen LogP contribution in [0.3, 0.4) is 0 Å². The number of carbonyl (C=O) groups excluding carboxylic acids is 2. The SMILES string of the molecule is CC[C@@H](C(=O)[C@@H](C)[C@@H](O)[C@H](C)[C@@H]1O[C@@H]([C@@H](CC)C(=O)O)CC[C@@H]1C)[C@H]1O[C@]2(C=C[C@@H](NC(=O)c3ccc(F)cc3)[C@]3(CC[C@@](C)([C@H]4CC[C@](O)(CC)[C@H](C)O4)O3)O2)[C@H](C)C[C@@H]1C. The summed E-state index contributed by atoms with van der Waals surface area (Å²) in [5.74, 6) is -7.23. The molecule has 0 unspecified atom stereocenters. The standard InChI is InChI=1S/C49H74FNO11/c1-11-35(45(55)56)37-19-14-27(4)42(59-37)31(8)40(52)30(7)41(53)36(12-2)43-28(5)26-29(6)48(60-43)23-20-38(51-44(54)33-15-17-34(50)18-16-33)49(62-48)25-24-46(10,61-49)39-21-22-47(57,13-3)32(9)58-39/h15-18,20,23,27-32,35-40,42-43,52,57H,11-14,19,21-22,24-26H2,1-10H3,(H,51,54)(H,55,56)/t27-,28-,29+,30-,31-,32-,35+,36-,37+,38+,39+,40+,42+,43-,46-,47+,48-,49-/m0/s1. The summed E-state index contributed by atoms with van der Waals surface area (Å²) in [6.07, 6.45) is 5.96. The molecule has 4 saturated heterocycles. The van der Waals surface area contributed by atoms with Crippen LogP contribution >= 0.6 is 0 Å². The number of hydrogen-bond donors (Lipinski definition) is 4. The first kappa shape index (κ1) is 48.7. The molecule has 62 heavy (non-hydrogen) atoms. The highest BCUT2D eigenvalue weighted by molar-refractivity contribution is 5.94. The van der Waals surface area contributed by atoms with Crippen molar-refractivity contribution >= 4 is 17.7 Å². The number of amides is 1. The third-order valence-corrected chi connectivity index (χ3v) is 15.9. The number of halogens is 1. The summed E-state index contributed by atoms with van der Waals surface area (Å²) in [7, 11) is 0. The van der Waals surface area contributed by atoms with Gasteiger partial charge in [0.05, 0.1) is 53.7 Å². The minimum atomic E-state index is -1.42. The van der Waals surface area contributed by atoms with Gasteiger partial charge in [0.1, 0.15) is 17.6 Å². The Kier molecular flexibility index (Phi) is 14.9. The molecule has 1 amide bonds. The predicted molar refractivity (Wildman–Crippen MR) is 230 cm³/mol. The summed E-state index contributed by atoms with van der Waals surface area (Å²) >= 11 is 0. The molecule has 5 heterocycles. The number of ether oxygens (including phenoxy) is 5. The van der Waals surface area contributed by atoms with E-state index in [1.54, 1.807) is 6.92 Å². The van der Waals surface area contributed by atoms with Gasteiger partial charge in [-0.3, -0.25) is 14.4 Å². The van der Waals surface area contributed by atoms with Crippen molar-refractivity contribution in [3.63, 3.8) is 0 Å². The lowest BCUT2D eigenvalue weighted by molar-refractivity contribution is -0.397. The highest BCUT2D eigenvalue weighted by Gasteiger charge is 2.63. The molecule has 13 heteroatoms. The first-order chi connectivity index (χ1) is 29.2. The molecular weight excluding hydrogens is 798 g/mol.